The lowest BCUT2D eigenvalue weighted by Crippen LogP contribution is -2.44. The van der Waals surface area contributed by atoms with Gasteiger partial charge in [0, 0.05) is 64.8 Å². The summed E-state index contributed by atoms with van der Waals surface area (Å²) in [5.41, 5.74) is 0.503. The molecule has 204 valence electrons. The second-order valence-corrected chi connectivity index (χ2v) is 8.14. The summed E-state index contributed by atoms with van der Waals surface area (Å²) in [4.78, 5) is 23.0. The molecule has 0 unspecified atom stereocenters. The molecule has 37 heavy (non-hydrogen) atoms. The standard InChI is InChI=1S/C11H13F3N4O.C11H15F3N4/c12-11(13,14)10(19)17-8-2-1-3-16-9(8)18-6-4-15-5-7-18;12-11(13,14)8-17-9-2-1-3-16-10(9)18-6-4-15-5-7-18/h1-3,15H,4-7H2,(H,17,19);1-3,15,17H,4-8H2. The Bertz CT molecular complexity index is 1010. The number of carbonyl (C=O) groups is 1. The van der Waals surface area contributed by atoms with Crippen LogP contribution in [0.2, 0.25) is 0 Å². The van der Waals surface area contributed by atoms with E-state index in [0.717, 1.165) is 39.3 Å². The number of hydrogen-bond donors (Lipinski definition) is 4. The Balaban J connectivity index is 0.000000206. The monoisotopic (exact) mass is 534 g/mol. The molecule has 9 nitrogen and oxygen atoms in total. The average Bonchev–Trinajstić information content (AvgIpc) is 2.88. The summed E-state index contributed by atoms with van der Waals surface area (Å²) in [6.45, 7) is 4.79. The maximum absolute atomic E-state index is 12.3. The molecule has 0 saturated carbocycles. The summed E-state index contributed by atoms with van der Waals surface area (Å²) in [7, 11) is 0. The highest BCUT2D eigenvalue weighted by Gasteiger charge is 2.39. The first kappa shape index (κ1) is 28.2. The molecule has 4 heterocycles. The first-order chi connectivity index (χ1) is 17.5. The third-order valence-electron chi connectivity index (χ3n) is 5.39. The number of alkyl halides is 6. The van der Waals surface area contributed by atoms with Crippen LogP contribution in [0.15, 0.2) is 36.7 Å². The molecule has 0 spiro atoms. The summed E-state index contributed by atoms with van der Waals surface area (Å²) < 4.78 is 73.4. The lowest BCUT2D eigenvalue weighted by Gasteiger charge is -2.30. The highest BCUT2D eigenvalue weighted by molar-refractivity contribution is 5.97. The highest BCUT2D eigenvalue weighted by Crippen LogP contribution is 2.26. The van der Waals surface area contributed by atoms with Crippen LogP contribution in [0.1, 0.15) is 0 Å². The first-order valence-corrected chi connectivity index (χ1v) is 11.5. The van der Waals surface area contributed by atoms with Crippen LogP contribution < -0.4 is 31.1 Å². The second kappa shape index (κ2) is 12.8. The predicted octanol–water partition coefficient (Wildman–Crippen LogP) is 2.46. The number of pyridine rings is 2. The number of nitrogens with zero attached hydrogens (tertiary/aromatic N) is 4. The average molecular weight is 535 g/mol. The Kier molecular flexibility index (Phi) is 9.74. The summed E-state index contributed by atoms with van der Waals surface area (Å²) in [6, 6.07) is 6.15. The maximum atomic E-state index is 12.3. The van der Waals surface area contributed by atoms with Crippen LogP contribution in [0, 0.1) is 0 Å². The highest BCUT2D eigenvalue weighted by atomic mass is 19.4. The van der Waals surface area contributed by atoms with E-state index >= 15 is 0 Å². The molecular weight excluding hydrogens is 506 g/mol. The molecule has 2 saturated heterocycles. The molecule has 2 aliphatic rings. The molecule has 0 bridgehead atoms. The number of piperazine rings is 2. The molecule has 2 aliphatic heterocycles. The third kappa shape index (κ3) is 8.93. The Labute approximate surface area is 209 Å². The van der Waals surface area contributed by atoms with E-state index in [4.69, 9.17) is 0 Å². The van der Waals surface area contributed by atoms with Gasteiger partial charge in [-0.2, -0.15) is 26.3 Å². The van der Waals surface area contributed by atoms with Gasteiger partial charge in [0.1, 0.15) is 6.54 Å². The number of nitrogens with one attached hydrogen (secondary N) is 4. The fraction of sp³-hybridized carbons (Fsp3) is 0.500. The number of anilines is 4. The van der Waals surface area contributed by atoms with Crippen molar-refractivity contribution in [2.75, 3.05) is 79.3 Å². The molecule has 15 heteroatoms. The fourth-order valence-corrected chi connectivity index (χ4v) is 3.68. The minimum atomic E-state index is -4.91. The van der Waals surface area contributed by atoms with Gasteiger partial charge in [-0.1, -0.05) is 0 Å². The summed E-state index contributed by atoms with van der Waals surface area (Å²) in [5, 5.41) is 10.6. The Morgan fingerprint density at radius 1 is 0.811 bits per heavy atom. The van der Waals surface area contributed by atoms with Gasteiger partial charge in [-0.15, -0.1) is 0 Å². The minimum absolute atomic E-state index is 0.0757. The van der Waals surface area contributed by atoms with E-state index in [-0.39, 0.29) is 5.69 Å². The molecule has 2 aromatic heterocycles. The smallest absolute Gasteiger partial charge is 0.373 e. The number of amides is 1. The van der Waals surface area contributed by atoms with E-state index in [1.54, 1.807) is 18.3 Å². The van der Waals surface area contributed by atoms with Crippen molar-refractivity contribution in [2.45, 2.75) is 12.4 Å². The zero-order chi connectivity index (χ0) is 26.9. The van der Waals surface area contributed by atoms with Gasteiger partial charge in [0.2, 0.25) is 0 Å². The predicted molar refractivity (Wildman–Crippen MR) is 128 cm³/mol. The van der Waals surface area contributed by atoms with Crippen molar-refractivity contribution in [3.05, 3.63) is 36.7 Å². The normalized spacial score (nSPS) is 16.5. The van der Waals surface area contributed by atoms with Crippen molar-refractivity contribution in [1.29, 1.82) is 0 Å². The van der Waals surface area contributed by atoms with Gasteiger partial charge in [0.15, 0.2) is 11.6 Å². The number of rotatable bonds is 5. The number of aromatic nitrogens is 2. The van der Waals surface area contributed by atoms with Crippen LogP contribution in [0.4, 0.5) is 49.4 Å². The summed E-state index contributed by atoms with van der Waals surface area (Å²) >= 11 is 0. The van der Waals surface area contributed by atoms with Gasteiger partial charge in [0.05, 0.1) is 11.4 Å². The second-order valence-electron chi connectivity index (χ2n) is 8.14. The molecule has 0 radical (unpaired) electrons. The van der Waals surface area contributed by atoms with Crippen molar-refractivity contribution in [3.8, 4) is 0 Å². The van der Waals surface area contributed by atoms with Crippen LogP contribution in [0.25, 0.3) is 0 Å². The topological polar surface area (TPSA) is 97.5 Å². The molecule has 1 amide bonds. The lowest BCUT2D eigenvalue weighted by molar-refractivity contribution is -0.167. The molecule has 0 atom stereocenters. The van der Waals surface area contributed by atoms with Crippen LogP contribution in [0.3, 0.4) is 0 Å². The minimum Gasteiger partial charge on any atom is -0.373 e. The third-order valence-corrected chi connectivity index (χ3v) is 5.39. The molecule has 0 aliphatic carbocycles. The van der Waals surface area contributed by atoms with Crippen LogP contribution in [-0.4, -0.2) is 87.1 Å². The van der Waals surface area contributed by atoms with Gasteiger partial charge in [-0.25, -0.2) is 9.97 Å². The lowest BCUT2D eigenvalue weighted by atomic mass is 10.3. The largest absolute Gasteiger partial charge is 0.471 e. The van der Waals surface area contributed by atoms with Crippen LogP contribution in [0.5, 0.6) is 0 Å². The zero-order valence-corrected chi connectivity index (χ0v) is 19.8. The van der Waals surface area contributed by atoms with E-state index in [0.29, 0.717) is 30.4 Å². The first-order valence-electron chi connectivity index (χ1n) is 11.5. The van der Waals surface area contributed by atoms with Crippen LogP contribution >= 0.6 is 0 Å². The van der Waals surface area contributed by atoms with Gasteiger partial charge < -0.3 is 31.1 Å². The zero-order valence-electron chi connectivity index (χ0n) is 19.8. The van der Waals surface area contributed by atoms with E-state index < -0.39 is 24.8 Å². The summed E-state index contributed by atoms with van der Waals surface area (Å²) in [5.74, 6) is -1.04. The molecule has 2 aromatic rings. The van der Waals surface area contributed by atoms with E-state index in [1.165, 1.54) is 18.3 Å². The Morgan fingerprint density at radius 2 is 1.27 bits per heavy atom. The van der Waals surface area contributed by atoms with Crippen LogP contribution in [-0.2, 0) is 4.79 Å². The van der Waals surface area contributed by atoms with Gasteiger partial charge in [0.25, 0.3) is 0 Å². The van der Waals surface area contributed by atoms with Gasteiger partial charge in [-0.05, 0) is 24.3 Å². The number of hydrogen-bond acceptors (Lipinski definition) is 8. The van der Waals surface area contributed by atoms with Gasteiger partial charge in [-0.3, -0.25) is 4.79 Å². The molecule has 4 rings (SSSR count). The SMILES string of the molecule is FC(F)(F)CNc1cccnc1N1CCNCC1.O=C(Nc1cccnc1N1CCNCC1)C(F)(F)F. The summed E-state index contributed by atoms with van der Waals surface area (Å²) in [6.07, 6.45) is -6.05. The Morgan fingerprint density at radius 3 is 1.73 bits per heavy atom. The fourth-order valence-electron chi connectivity index (χ4n) is 3.68. The maximum Gasteiger partial charge on any atom is 0.471 e. The molecule has 0 aromatic carbocycles. The van der Waals surface area contributed by atoms with Crippen molar-refractivity contribution >= 4 is 28.9 Å². The van der Waals surface area contributed by atoms with E-state index in [1.807, 2.05) is 15.1 Å². The van der Waals surface area contributed by atoms with E-state index in [9.17, 15) is 31.1 Å². The number of halogens is 6. The Hall–Kier alpha value is -3.33. The van der Waals surface area contributed by atoms with E-state index in [2.05, 4.69) is 25.9 Å². The quantitative estimate of drug-likeness (QED) is 0.435. The number of carbonyl (C=O) groups excluding carboxylic acids is 1. The molecule has 2 fully saturated rings. The van der Waals surface area contributed by atoms with Crippen molar-refractivity contribution < 1.29 is 31.1 Å². The van der Waals surface area contributed by atoms with Crippen molar-refractivity contribution in [2.24, 2.45) is 0 Å². The van der Waals surface area contributed by atoms with Gasteiger partial charge >= 0.3 is 18.3 Å². The van der Waals surface area contributed by atoms with Crippen molar-refractivity contribution in [1.82, 2.24) is 20.6 Å². The molecular formula is C22H28F6N8O. The van der Waals surface area contributed by atoms with Crippen molar-refractivity contribution in [3.63, 3.8) is 0 Å². The molecule has 4 N–H and O–H groups in total.